The zero-order valence-corrected chi connectivity index (χ0v) is 17.5. The summed E-state index contributed by atoms with van der Waals surface area (Å²) in [5, 5.41) is 2.63. The topological polar surface area (TPSA) is 4.93 Å². The van der Waals surface area contributed by atoms with E-state index in [1.165, 1.54) is 24.7 Å². The van der Waals surface area contributed by atoms with Crippen molar-refractivity contribution in [2.75, 3.05) is 0 Å². The van der Waals surface area contributed by atoms with Crippen molar-refractivity contribution < 1.29 is 17.0 Å². The third kappa shape index (κ3) is 5.99. The summed E-state index contributed by atoms with van der Waals surface area (Å²) in [5.41, 5.74) is 1.47. The van der Waals surface area contributed by atoms with E-state index in [1.807, 2.05) is 12.2 Å². The molecule has 0 atom stereocenters. The van der Waals surface area contributed by atoms with Gasteiger partial charge in [0, 0.05) is 12.1 Å². The Morgan fingerprint density at radius 1 is 1.25 bits per heavy atom. The van der Waals surface area contributed by atoms with Gasteiger partial charge in [0.05, 0.1) is 0 Å². The predicted molar refractivity (Wildman–Crippen MR) is 104 cm³/mol. The van der Waals surface area contributed by atoms with Gasteiger partial charge in [-0.15, -0.1) is 41.1 Å². The normalized spacial score (nSPS) is 14.2. The van der Waals surface area contributed by atoms with Crippen molar-refractivity contribution in [3.8, 4) is 5.69 Å². The van der Waals surface area contributed by atoms with Crippen LogP contribution >= 0.6 is 26.8 Å². The zero-order valence-electron chi connectivity index (χ0n) is 13.6. The van der Waals surface area contributed by atoms with Gasteiger partial charge < -0.3 is 4.57 Å². The van der Waals surface area contributed by atoms with Gasteiger partial charge in [-0.25, -0.2) is 12.2 Å². The van der Waals surface area contributed by atoms with Crippen LogP contribution in [0.15, 0.2) is 72.5 Å². The summed E-state index contributed by atoms with van der Waals surface area (Å²) >= 11 is -0.556. The second-order valence-electron chi connectivity index (χ2n) is 5.78. The van der Waals surface area contributed by atoms with Gasteiger partial charge in [-0.1, -0.05) is 33.5 Å². The van der Waals surface area contributed by atoms with Gasteiger partial charge in [0.15, 0.2) is 0 Å². The molecule has 0 amide bonds. The molecule has 1 nitrogen and oxygen atoms in total. The monoisotopic (exact) mass is 409 g/mol. The van der Waals surface area contributed by atoms with E-state index in [-0.39, 0.29) is 5.41 Å². The second-order valence-corrected chi connectivity index (χ2v) is 9.18. The van der Waals surface area contributed by atoms with Crippen LogP contribution in [0.25, 0.3) is 16.5 Å². The van der Waals surface area contributed by atoms with Crippen LogP contribution in [0.3, 0.4) is 0 Å². The molecule has 0 aliphatic heterocycles. The molecule has 1 aliphatic carbocycles. The zero-order chi connectivity index (χ0) is 17.4. The van der Waals surface area contributed by atoms with E-state index >= 15 is 0 Å². The Bertz CT molecular complexity index is 757. The number of hydrogen-bond acceptors (Lipinski definition) is 0. The first-order chi connectivity index (χ1) is 11.6. The standard InChI is InChI=1S/C12H9NP.C7H9.2ClH.Ti/c1-2-4-11-8-12(7-10(11)3-1)13-5-6-14-9-13;1-7(2)5-3-4-6-7;;;/h1-9H;3-5H,1-2H3;2*1H;/q2*-1;;;+2/p-2. The molecule has 0 radical (unpaired) electrons. The Morgan fingerprint density at radius 2 is 2.00 bits per heavy atom. The van der Waals surface area contributed by atoms with E-state index < -0.39 is 17.0 Å². The SMILES string of the molecule is CC1(C)[C-]=CC=C1.[Cl][Ti][Cl].c1ccc2[cH-]c(-n3ccpc3)cc2c1. The Balaban J connectivity index is 0.000000176. The average Bonchev–Trinajstić information content (AvgIpc) is 3.27. The molecular weight excluding hydrogens is 392 g/mol. The van der Waals surface area contributed by atoms with E-state index in [0.29, 0.717) is 0 Å². The van der Waals surface area contributed by atoms with Crippen LogP contribution in [-0.4, -0.2) is 4.57 Å². The fourth-order valence-electron chi connectivity index (χ4n) is 2.29. The van der Waals surface area contributed by atoms with Crippen LogP contribution < -0.4 is 0 Å². The van der Waals surface area contributed by atoms with E-state index in [2.05, 4.69) is 84.9 Å². The molecule has 0 bridgehead atoms. The van der Waals surface area contributed by atoms with Crippen molar-refractivity contribution in [3.63, 3.8) is 0 Å². The molecule has 4 rings (SSSR count). The fourth-order valence-corrected chi connectivity index (χ4v) is 2.95. The molecule has 0 saturated carbocycles. The molecule has 5 heteroatoms. The predicted octanol–water partition coefficient (Wildman–Crippen LogP) is 7.25. The average molecular weight is 410 g/mol. The Labute approximate surface area is 162 Å². The molecule has 0 spiro atoms. The third-order valence-electron chi connectivity index (χ3n) is 3.47. The van der Waals surface area contributed by atoms with Crippen molar-refractivity contribution in [2.24, 2.45) is 5.41 Å². The van der Waals surface area contributed by atoms with Crippen molar-refractivity contribution in [1.29, 1.82) is 0 Å². The van der Waals surface area contributed by atoms with Crippen LogP contribution in [0.5, 0.6) is 0 Å². The molecule has 124 valence electrons. The van der Waals surface area contributed by atoms with Crippen LogP contribution in [0.4, 0.5) is 0 Å². The molecule has 0 unspecified atom stereocenters. The molecule has 0 N–H and O–H groups in total. The number of allylic oxidation sites excluding steroid dienone is 4. The fraction of sp³-hybridized carbons (Fsp3) is 0.158. The van der Waals surface area contributed by atoms with Crippen molar-refractivity contribution in [3.05, 3.63) is 78.6 Å². The van der Waals surface area contributed by atoms with Crippen molar-refractivity contribution in [1.82, 2.24) is 4.57 Å². The van der Waals surface area contributed by atoms with E-state index in [4.69, 9.17) is 18.6 Å². The van der Waals surface area contributed by atoms with E-state index in [0.717, 1.165) is 0 Å². The maximum absolute atomic E-state index is 4.89. The molecule has 1 aromatic heterocycles. The first-order valence-electron chi connectivity index (χ1n) is 7.44. The molecule has 3 aromatic rings. The smallest absolute Gasteiger partial charge is 0.0344 e. The van der Waals surface area contributed by atoms with Gasteiger partial charge in [0.2, 0.25) is 0 Å². The van der Waals surface area contributed by atoms with E-state index in [9.17, 15) is 0 Å². The number of fused-ring (bicyclic) bond motifs is 1. The van der Waals surface area contributed by atoms with Crippen LogP contribution in [0.2, 0.25) is 0 Å². The van der Waals surface area contributed by atoms with Gasteiger partial charge >= 0.3 is 35.6 Å². The number of aromatic nitrogens is 1. The van der Waals surface area contributed by atoms with Gasteiger partial charge in [-0.2, -0.15) is 6.08 Å². The summed E-state index contributed by atoms with van der Waals surface area (Å²) in [6.45, 7) is 4.26. The molecule has 0 saturated heterocycles. The Morgan fingerprint density at radius 3 is 2.50 bits per heavy atom. The number of rotatable bonds is 1. The van der Waals surface area contributed by atoms with Gasteiger partial charge in [0.25, 0.3) is 0 Å². The summed E-state index contributed by atoms with van der Waals surface area (Å²) in [6, 6.07) is 12.9. The van der Waals surface area contributed by atoms with Gasteiger partial charge in [0.1, 0.15) is 0 Å². The molecule has 1 aliphatic rings. The maximum atomic E-state index is 4.89. The number of benzene rings is 1. The minimum absolute atomic E-state index is 0.208. The van der Waals surface area contributed by atoms with Crippen LogP contribution in [-0.2, 0) is 17.0 Å². The molecule has 24 heavy (non-hydrogen) atoms. The minimum Gasteiger partial charge on any atom is -0.338 e. The van der Waals surface area contributed by atoms with Crippen LogP contribution in [0, 0.1) is 11.5 Å². The minimum atomic E-state index is -0.556. The first-order valence-corrected chi connectivity index (χ1v) is 12.8. The van der Waals surface area contributed by atoms with Crippen molar-refractivity contribution >= 4 is 37.6 Å². The quantitative estimate of drug-likeness (QED) is 0.294. The summed E-state index contributed by atoms with van der Waals surface area (Å²) < 4.78 is 2.17. The third-order valence-corrected chi connectivity index (χ3v) is 4.16. The summed E-state index contributed by atoms with van der Waals surface area (Å²) in [5.74, 6) is 4.30. The Kier molecular flexibility index (Phi) is 7.94. The molecule has 1 heterocycles. The Hall–Kier alpha value is -0.686. The summed E-state index contributed by atoms with van der Waals surface area (Å²) in [4.78, 5) is 0. The second kappa shape index (κ2) is 9.71. The number of halogens is 2. The van der Waals surface area contributed by atoms with Crippen LogP contribution in [0.1, 0.15) is 13.8 Å². The van der Waals surface area contributed by atoms with Crippen molar-refractivity contribution in [2.45, 2.75) is 13.8 Å². The summed E-state index contributed by atoms with van der Waals surface area (Å²) in [6.07, 6.45) is 11.4. The number of hydrogen-bond donors (Lipinski definition) is 0. The number of nitrogens with zero attached hydrogens (tertiary/aromatic N) is 1. The van der Waals surface area contributed by atoms with Gasteiger partial charge in [-0.3, -0.25) is 6.08 Å². The van der Waals surface area contributed by atoms with Gasteiger partial charge in [-0.05, 0) is 11.5 Å². The molecule has 0 fully saturated rings. The maximum Gasteiger partial charge on any atom is 0.0344 e. The van der Waals surface area contributed by atoms with E-state index in [1.54, 1.807) is 0 Å². The first kappa shape index (κ1) is 19.6. The molecule has 2 aromatic carbocycles. The molecular formula is C19H18Cl2NPTi-2. The summed E-state index contributed by atoms with van der Waals surface area (Å²) in [7, 11) is 11.0. The largest absolute Gasteiger partial charge is 0.338 e.